The largest absolute Gasteiger partial charge is 0.310 e. The molecular weight excluding hydrogens is 555 g/mol. The molecule has 0 radical (unpaired) electrons. The van der Waals surface area contributed by atoms with Crippen molar-refractivity contribution in [1.29, 1.82) is 0 Å². The molecular formula is C45H33N. The second-order valence-electron chi connectivity index (χ2n) is 13.0. The number of hydrogen-bond donors (Lipinski definition) is 0. The van der Waals surface area contributed by atoms with Crippen molar-refractivity contribution >= 4 is 49.4 Å². The normalized spacial score (nSPS) is 13.2. The Morgan fingerprint density at radius 3 is 1.76 bits per heavy atom. The van der Waals surface area contributed by atoms with E-state index in [4.69, 9.17) is 0 Å². The number of anilines is 3. The number of fused-ring (bicyclic) bond motifs is 8. The summed E-state index contributed by atoms with van der Waals surface area (Å²) >= 11 is 0. The van der Waals surface area contributed by atoms with Crippen LogP contribution in [0.15, 0.2) is 164 Å². The number of benzene rings is 8. The first-order chi connectivity index (χ1) is 22.6. The highest BCUT2D eigenvalue weighted by atomic mass is 15.1. The van der Waals surface area contributed by atoms with Crippen molar-refractivity contribution < 1.29 is 0 Å². The summed E-state index contributed by atoms with van der Waals surface area (Å²) in [6.07, 6.45) is 0. The van der Waals surface area contributed by atoms with E-state index >= 15 is 0 Å². The predicted molar refractivity (Wildman–Crippen MR) is 197 cm³/mol. The van der Waals surface area contributed by atoms with Crippen LogP contribution in [0.25, 0.3) is 54.6 Å². The quantitative estimate of drug-likeness (QED) is 0.185. The monoisotopic (exact) mass is 587 g/mol. The van der Waals surface area contributed by atoms with Gasteiger partial charge in [-0.25, -0.2) is 0 Å². The van der Waals surface area contributed by atoms with Crippen LogP contribution in [0.4, 0.5) is 17.1 Å². The Morgan fingerprint density at radius 2 is 0.935 bits per heavy atom. The lowest BCUT2D eigenvalue weighted by Crippen LogP contribution is -2.15. The van der Waals surface area contributed by atoms with Crippen LogP contribution in [0.5, 0.6) is 0 Å². The Morgan fingerprint density at radius 1 is 0.370 bits per heavy atom. The van der Waals surface area contributed by atoms with Crippen molar-refractivity contribution in [2.24, 2.45) is 0 Å². The SMILES string of the molecule is CC1(C)c2ccccc2-c2cc(N(c3ccc(-c4ccccc4)cc3)c3ccc4ccc5c6ccccc6ccc5c4c3)ccc21. The molecule has 0 heterocycles. The summed E-state index contributed by atoms with van der Waals surface area (Å²) in [5.41, 5.74) is 11.3. The minimum Gasteiger partial charge on any atom is -0.310 e. The first-order valence-corrected chi connectivity index (χ1v) is 16.1. The molecule has 46 heavy (non-hydrogen) atoms. The summed E-state index contributed by atoms with van der Waals surface area (Å²) in [5, 5.41) is 7.64. The van der Waals surface area contributed by atoms with Crippen LogP contribution in [-0.4, -0.2) is 0 Å². The minimum absolute atomic E-state index is 0.0305. The molecule has 0 spiro atoms. The fraction of sp³-hybridized carbons (Fsp3) is 0.0667. The van der Waals surface area contributed by atoms with Gasteiger partial charge in [0, 0.05) is 22.5 Å². The van der Waals surface area contributed by atoms with Crippen LogP contribution in [0, 0.1) is 0 Å². The van der Waals surface area contributed by atoms with Crippen LogP contribution < -0.4 is 4.90 Å². The molecule has 9 rings (SSSR count). The van der Waals surface area contributed by atoms with Crippen molar-refractivity contribution in [2.45, 2.75) is 19.3 Å². The van der Waals surface area contributed by atoms with Crippen LogP contribution in [-0.2, 0) is 5.41 Å². The summed E-state index contributed by atoms with van der Waals surface area (Å²) in [4.78, 5) is 2.42. The Kier molecular flexibility index (Phi) is 5.92. The third-order valence-corrected chi connectivity index (χ3v) is 10.0. The lowest BCUT2D eigenvalue weighted by molar-refractivity contribution is 0.660. The molecule has 0 aliphatic heterocycles. The molecule has 0 unspecified atom stereocenters. The van der Waals surface area contributed by atoms with E-state index in [0.29, 0.717) is 0 Å². The summed E-state index contributed by atoms with van der Waals surface area (Å²) in [7, 11) is 0. The van der Waals surface area contributed by atoms with Gasteiger partial charge in [0.25, 0.3) is 0 Å². The zero-order valence-corrected chi connectivity index (χ0v) is 26.0. The van der Waals surface area contributed by atoms with E-state index < -0.39 is 0 Å². The van der Waals surface area contributed by atoms with Gasteiger partial charge in [0.2, 0.25) is 0 Å². The summed E-state index contributed by atoms with van der Waals surface area (Å²) in [6.45, 7) is 4.69. The molecule has 8 aromatic rings. The third-order valence-electron chi connectivity index (χ3n) is 10.0. The first kappa shape index (κ1) is 26.7. The highest BCUT2D eigenvalue weighted by Crippen LogP contribution is 2.50. The van der Waals surface area contributed by atoms with Gasteiger partial charge >= 0.3 is 0 Å². The maximum atomic E-state index is 2.42. The standard InChI is InChI=1S/C45H33N/c1-45(2)43-15-9-8-14-40(43)42-29-36(24-27-44(42)45)46(34-21-16-31(17-22-34)30-10-4-3-5-11-30)35-23-18-33-20-25-38-37-13-7-6-12-32(37)19-26-39(38)41(33)28-35/h3-29H,1-2H3. The molecule has 0 saturated heterocycles. The molecule has 0 N–H and O–H groups in total. The van der Waals surface area contributed by atoms with E-state index in [9.17, 15) is 0 Å². The van der Waals surface area contributed by atoms with E-state index in [0.717, 1.165) is 17.1 Å². The van der Waals surface area contributed by atoms with E-state index in [1.165, 1.54) is 65.7 Å². The fourth-order valence-electron chi connectivity index (χ4n) is 7.67. The molecule has 1 aliphatic carbocycles. The number of hydrogen-bond acceptors (Lipinski definition) is 1. The maximum absolute atomic E-state index is 2.42. The fourth-order valence-corrected chi connectivity index (χ4v) is 7.67. The van der Waals surface area contributed by atoms with Crippen molar-refractivity contribution in [1.82, 2.24) is 0 Å². The zero-order valence-electron chi connectivity index (χ0n) is 26.0. The van der Waals surface area contributed by atoms with Gasteiger partial charge in [-0.2, -0.15) is 0 Å². The van der Waals surface area contributed by atoms with Gasteiger partial charge in [0.05, 0.1) is 0 Å². The van der Waals surface area contributed by atoms with Gasteiger partial charge < -0.3 is 4.90 Å². The second kappa shape index (κ2) is 10.2. The van der Waals surface area contributed by atoms with Gasteiger partial charge in [0.15, 0.2) is 0 Å². The lowest BCUT2D eigenvalue weighted by Gasteiger charge is -2.28. The smallest absolute Gasteiger partial charge is 0.0468 e. The van der Waals surface area contributed by atoms with E-state index in [-0.39, 0.29) is 5.41 Å². The zero-order chi connectivity index (χ0) is 30.8. The number of rotatable bonds is 4. The van der Waals surface area contributed by atoms with Gasteiger partial charge in [0.1, 0.15) is 0 Å². The topological polar surface area (TPSA) is 3.24 Å². The van der Waals surface area contributed by atoms with Gasteiger partial charge in [-0.3, -0.25) is 0 Å². The van der Waals surface area contributed by atoms with Crippen molar-refractivity contribution in [3.8, 4) is 22.3 Å². The van der Waals surface area contributed by atoms with E-state index in [2.05, 4.69) is 183 Å². The minimum atomic E-state index is -0.0305. The van der Waals surface area contributed by atoms with E-state index in [1.54, 1.807) is 0 Å². The van der Waals surface area contributed by atoms with Crippen LogP contribution in [0.1, 0.15) is 25.0 Å². The Balaban J connectivity index is 1.26. The molecule has 1 aliphatic rings. The van der Waals surface area contributed by atoms with Gasteiger partial charge in [-0.1, -0.05) is 141 Å². The summed E-state index contributed by atoms with van der Waals surface area (Å²) in [5.74, 6) is 0. The molecule has 0 fully saturated rings. The molecule has 0 bridgehead atoms. The highest BCUT2D eigenvalue weighted by Gasteiger charge is 2.35. The van der Waals surface area contributed by atoms with Crippen LogP contribution >= 0.6 is 0 Å². The lowest BCUT2D eigenvalue weighted by atomic mass is 9.82. The van der Waals surface area contributed by atoms with Gasteiger partial charge in [-0.15, -0.1) is 0 Å². The first-order valence-electron chi connectivity index (χ1n) is 16.1. The van der Waals surface area contributed by atoms with E-state index in [1.807, 2.05) is 0 Å². The van der Waals surface area contributed by atoms with Gasteiger partial charge in [-0.05, 0) is 102 Å². The van der Waals surface area contributed by atoms with Crippen molar-refractivity contribution in [3.05, 3.63) is 175 Å². The average molecular weight is 588 g/mol. The maximum Gasteiger partial charge on any atom is 0.0468 e. The Labute approximate surface area is 270 Å². The molecule has 1 nitrogen and oxygen atoms in total. The highest BCUT2D eigenvalue weighted by molar-refractivity contribution is 6.17. The molecule has 0 aromatic heterocycles. The summed E-state index contributed by atoms with van der Waals surface area (Å²) < 4.78 is 0. The molecule has 0 saturated carbocycles. The average Bonchev–Trinajstić information content (AvgIpc) is 3.34. The summed E-state index contributed by atoms with van der Waals surface area (Å²) in [6, 6.07) is 60.2. The third kappa shape index (κ3) is 4.09. The Bertz CT molecular complexity index is 2430. The molecule has 0 amide bonds. The predicted octanol–water partition coefficient (Wildman–Crippen LogP) is 12.6. The second-order valence-corrected chi connectivity index (χ2v) is 13.0. The van der Waals surface area contributed by atoms with Crippen LogP contribution in [0.2, 0.25) is 0 Å². The Hall–Kier alpha value is -5.66. The van der Waals surface area contributed by atoms with Crippen LogP contribution in [0.3, 0.4) is 0 Å². The van der Waals surface area contributed by atoms with Crippen molar-refractivity contribution in [3.63, 3.8) is 0 Å². The molecule has 218 valence electrons. The molecule has 0 atom stereocenters. The number of nitrogens with zero attached hydrogens (tertiary/aromatic N) is 1. The molecule has 1 heteroatoms. The van der Waals surface area contributed by atoms with Crippen molar-refractivity contribution in [2.75, 3.05) is 4.90 Å². The molecule has 8 aromatic carbocycles.